The van der Waals surface area contributed by atoms with Gasteiger partial charge in [0, 0.05) is 18.8 Å². The van der Waals surface area contributed by atoms with E-state index in [2.05, 4.69) is 22.6 Å². The van der Waals surface area contributed by atoms with Crippen molar-refractivity contribution in [2.45, 2.75) is 58.2 Å². The third-order valence-corrected chi connectivity index (χ3v) is 3.74. The van der Waals surface area contributed by atoms with Gasteiger partial charge in [0.1, 0.15) is 0 Å². The number of aliphatic hydroxyl groups is 1. The fraction of sp³-hybridized carbons (Fsp3) is 0.846. The zero-order valence-corrected chi connectivity index (χ0v) is 11.2. The van der Waals surface area contributed by atoms with Gasteiger partial charge in [0.05, 0.1) is 18.8 Å². The van der Waals surface area contributed by atoms with E-state index in [0.29, 0.717) is 12.6 Å². The minimum absolute atomic E-state index is 0.108. The molecule has 5 nitrogen and oxygen atoms in total. The Morgan fingerprint density at radius 1 is 1.39 bits per heavy atom. The SMILES string of the molecule is CC1CCCC(NCc2cn(CCO)nn2)CC1. The van der Waals surface area contributed by atoms with E-state index in [1.54, 1.807) is 4.68 Å². The molecule has 5 heteroatoms. The Bertz CT molecular complexity index is 353. The molecule has 0 aromatic carbocycles. The van der Waals surface area contributed by atoms with E-state index in [-0.39, 0.29) is 6.61 Å². The highest BCUT2D eigenvalue weighted by molar-refractivity contribution is 4.92. The fourth-order valence-corrected chi connectivity index (χ4v) is 2.57. The Balaban J connectivity index is 1.76. The standard InChI is InChI=1S/C13H24N4O/c1-11-3-2-4-12(6-5-11)14-9-13-10-17(7-8-18)16-15-13/h10-12,14,18H,2-9H2,1H3. The lowest BCUT2D eigenvalue weighted by molar-refractivity contribution is 0.268. The van der Waals surface area contributed by atoms with Gasteiger partial charge >= 0.3 is 0 Å². The topological polar surface area (TPSA) is 63.0 Å². The maximum atomic E-state index is 8.81. The van der Waals surface area contributed by atoms with Crippen LogP contribution >= 0.6 is 0 Å². The van der Waals surface area contributed by atoms with Gasteiger partial charge in [-0.05, 0) is 25.2 Å². The van der Waals surface area contributed by atoms with Crippen molar-refractivity contribution in [3.05, 3.63) is 11.9 Å². The predicted molar refractivity (Wildman–Crippen MR) is 70.0 cm³/mol. The molecule has 102 valence electrons. The van der Waals surface area contributed by atoms with Crippen molar-refractivity contribution in [3.63, 3.8) is 0 Å². The average Bonchev–Trinajstić information content (AvgIpc) is 2.70. The van der Waals surface area contributed by atoms with Gasteiger partial charge < -0.3 is 10.4 Å². The van der Waals surface area contributed by atoms with Crippen molar-refractivity contribution in [3.8, 4) is 0 Å². The highest BCUT2D eigenvalue weighted by atomic mass is 16.3. The van der Waals surface area contributed by atoms with E-state index >= 15 is 0 Å². The van der Waals surface area contributed by atoms with Gasteiger partial charge in [-0.15, -0.1) is 5.10 Å². The molecular weight excluding hydrogens is 228 g/mol. The van der Waals surface area contributed by atoms with Crippen LogP contribution < -0.4 is 5.32 Å². The van der Waals surface area contributed by atoms with Crippen molar-refractivity contribution in [1.29, 1.82) is 0 Å². The molecule has 1 aromatic rings. The summed E-state index contributed by atoms with van der Waals surface area (Å²) in [6.07, 6.45) is 8.47. The Labute approximate surface area is 109 Å². The molecule has 1 aromatic heterocycles. The number of hydrogen-bond donors (Lipinski definition) is 2. The normalized spacial score (nSPS) is 25.0. The van der Waals surface area contributed by atoms with E-state index in [4.69, 9.17) is 5.11 Å². The molecule has 1 heterocycles. The molecule has 2 atom stereocenters. The molecule has 1 saturated carbocycles. The van der Waals surface area contributed by atoms with Crippen molar-refractivity contribution < 1.29 is 5.11 Å². The number of nitrogens with zero attached hydrogens (tertiary/aromatic N) is 3. The fourth-order valence-electron chi connectivity index (χ4n) is 2.57. The van der Waals surface area contributed by atoms with Crippen molar-refractivity contribution in [1.82, 2.24) is 20.3 Å². The van der Waals surface area contributed by atoms with Crippen LogP contribution in [0.2, 0.25) is 0 Å². The summed E-state index contributed by atoms with van der Waals surface area (Å²) in [5.41, 5.74) is 0.959. The monoisotopic (exact) mass is 252 g/mol. The summed E-state index contributed by atoms with van der Waals surface area (Å²) >= 11 is 0. The molecule has 0 radical (unpaired) electrons. The zero-order valence-electron chi connectivity index (χ0n) is 11.2. The maximum Gasteiger partial charge on any atom is 0.0964 e. The minimum Gasteiger partial charge on any atom is -0.394 e. The van der Waals surface area contributed by atoms with Crippen LogP contribution in [0.25, 0.3) is 0 Å². The summed E-state index contributed by atoms with van der Waals surface area (Å²) in [7, 11) is 0. The van der Waals surface area contributed by atoms with Gasteiger partial charge in [0.2, 0.25) is 0 Å². The van der Waals surface area contributed by atoms with Gasteiger partial charge in [0.25, 0.3) is 0 Å². The summed E-state index contributed by atoms with van der Waals surface area (Å²) in [5.74, 6) is 0.877. The molecule has 2 unspecified atom stereocenters. The summed E-state index contributed by atoms with van der Waals surface area (Å²) in [5, 5.41) is 20.5. The first kappa shape index (κ1) is 13.5. The molecular formula is C13H24N4O. The van der Waals surface area contributed by atoms with Crippen LogP contribution in [-0.2, 0) is 13.1 Å². The molecule has 0 saturated heterocycles. The quantitative estimate of drug-likeness (QED) is 0.776. The third-order valence-electron chi connectivity index (χ3n) is 3.74. The Hall–Kier alpha value is -0.940. The molecule has 2 rings (SSSR count). The molecule has 18 heavy (non-hydrogen) atoms. The second kappa shape index (κ2) is 6.85. The Morgan fingerprint density at radius 2 is 2.28 bits per heavy atom. The van der Waals surface area contributed by atoms with Gasteiger partial charge in [0.15, 0.2) is 0 Å². The van der Waals surface area contributed by atoms with E-state index in [0.717, 1.165) is 18.2 Å². The van der Waals surface area contributed by atoms with Crippen molar-refractivity contribution >= 4 is 0 Å². The second-order valence-electron chi connectivity index (χ2n) is 5.39. The minimum atomic E-state index is 0.108. The van der Waals surface area contributed by atoms with Crippen LogP contribution in [0.4, 0.5) is 0 Å². The van der Waals surface area contributed by atoms with Crippen LogP contribution in [0.3, 0.4) is 0 Å². The molecule has 0 bridgehead atoms. The van der Waals surface area contributed by atoms with Gasteiger partial charge in [-0.25, -0.2) is 4.68 Å². The Morgan fingerprint density at radius 3 is 3.11 bits per heavy atom. The summed E-state index contributed by atoms with van der Waals surface area (Å²) in [4.78, 5) is 0. The van der Waals surface area contributed by atoms with E-state index in [1.165, 1.54) is 32.1 Å². The number of rotatable bonds is 5. The van der Waals surface area contributed by atoms with E-state index in [9.17, 15) is 0 Å². The molecule has 2 N–H and O–H groups in total. The number of hydrogen-bond acceptors (Lipinski definition) is 4. The van der Waals surface area contributed by atoms with Crippen LogP contribution in [-0.4, -0.2) is 32.7 Å². The second-order valence-corrected chi connectivity index (χ2v) is 5.39. The highest BCUT2D eigenvalue weighted by Gasteiger charge is 2.15. The zero-order chi connectivity index (χ0) is 12.8. The van der Waals surface area contributed by atoms with Crippen molar-refractivity contribution in [2.75, 3.05) is 6.61 Å². The average molecular weight is 252 g/mol. The smallest absolute Gasteiger partial charge is 0.0964 e. The highest BCUT2D eigenvalue weighted by Crippen LogP contribution is 2.22. The van der Waals surface area contributed by atoms with Crippen LogP contribution in [0, 0.1) is 5.92 Å². The number of aliphatic hydroxyl groups excluding tert-OH is 1. The first-order chi connectivity index (χ1) is 8.78. The van der Waals surface area contributed by atoms with E-state index < -0.39 is 0 Å². The number of aromatic nitrogens is 3. The van der Waals surface area contributed by atoms with Gasteiger partial charge in [-0.2, -0.15) is 0 Å². The lowest BCUT2D eigenvalue weighted by atomic mass is 10.0. The number of nitrogens with one attached hydrogen (secondary N) is 1. The van der Waals surface area contributed by atoms with Crippen LogP contribution in [0.1, 0.15) is 44.7 Å². The summed E-state index contributed by atoms with van der Waals surface area (Å²) in [6, 6.07) is 0.623. The van der Waals surface area contributed by atoms with Crippen LogP contribution in [0.15, 0.2) is 6.20 Å². The van der Waals surface area contributed by atoms with E-state index in [1.807, 2.05) is 6.20 Å². The third kappa shape index (κ3) is 4.07. The van der Waals surface area contributed by atoms with Crippen LogP contribution in [0.5, 0.6) is 0 Å². The summed E-state index contributed by atoms with van der Waals surface area (Å²) < 4.78 is 1.69. The maximum absolute atomic E-state index is 8.81. The first-order valence-corrected chi connectivity index (χ1v) is 7.01. The molecule has 1 aliphatic rings. The molecule has 1 aliphatic carbocycles. The lowest BCUT2D eigenvalue weighted by Crippen LogP contribution is -2.28. The lowest BCUT2D eigenvalue weighted by Gasteiger charge is -2.15. The summed E-state index contributed by atoms with van der Waals surface area (Å²) in [6.45, 7) is 3.76. The van der Waals surface area contributed by atoms with Gasteiger partial charge in [-0.3, -0.25) is 0 Å². The molecule has 0 aliphatic heterocycles. The van der Waals surface area contributed by atoms with Gasteiger partial charge in [-0.1, -0.05) is 25.0 Å². The predicted octanol–water partition coefficient (Wildman–Crippen LogP) is 1.33. The molecule has 0 spiro atoms. The molecule has 1 fully saturated rings. The Kier molecular flexibility index (Phi) is 5.13. The van der Waals surface area contributed by atoms with Crippen molar-refractivity contribution in [2.24, 2.45) is 5.92 Å². The molecule has 0 amide bonds. The first-order valence-electron chi connectivity index (χ1n) is 7.01. The largest absolute Gasteiger partial charge is 0.394 e.